The summed E-state index contributed by atoms with van der Waals surface area (Å²) >= 11 is 2.44. The van der Waals surface area contributed by atoms with E-state index in [2.05, 4.69) is 15.5 Å². The van der Waals surface area contributed by atoms with Crippen molar-refractivity contribution in [2.75, 3.05) is 18.6 Å². The lowest BCUT2D eigenvalue weighted by molar-refractivity contribution is -0.663. The number of phenols is 1. The van der Waals surface area contributed by atoms with E-state index in [1.165, 1.54) is 24.3 Å². The average molecular weight is 541 g/mol. The average Bonchev–Trinajstić information content (AvgIpc) is 3.31. The second kappa shape index (κ2) is 9.71. The van der Waals surface area contributed by atoms with Crippen LogP contribution in [0.2, 0.25) is 0 Å². The zero-order valence-electron chi connectivity index (χ0n) is 19.3. The molecular weight excluding hydrogens is 520 g/mol. The molecule has 4 heterocycles. The highest BCUT2D eigenvalue weighted by Crippen LogP contribution is 2.40. The number of rotatable bonds is 7. The van der Waals surface area contributed by atoms with Crippen molar-refractivity contribution in [1.82, 2.24) is 15.2 Å². The fourth-order valence-corrected chi connectivity index (χ4v) is 6.17. The quantitative estimate of drug-likeness (QED) is 0.152. The SMILES string of the molecule is CO/N=C(\C(=O)N[C@@H]1C(=O)N2C(C(=O)[O-])=C(C[n+]3cccc4ccc(O)cc43)CS[C@H]12)c1csc(N)n1. The lowest BCUT2D eigenvalue weighted by Gasteiger charge is -2.50. The Hall–Kier alpha value is -4.17. The summed E-state index contributed by atoms with van der Waals surface area (Å²) in [5.41, 5.74) is 6.63. The number of thioether (sulfide) groups is 1. The molecule has 2 aromatic heterocycles. The van der Waals surface area contributed by atoms with Crippen molar-refractivity contribution in [3.63, 3.8) is 0 Å². The number of oxime groups is 1. The maximum Gasteiger partial charge on any atom is 0.276 e. The van der Waals surface area contributed by atoms with E-state index in [9.17, 15) is 24.6 Å². The number of anilines is 1. The minimum atomic E-state index is -1.48. The first-order chi connectivity index (χ1) is 17.8. The van der Waals surface area contributed by atoms with Crippen LogP contribution in [0.5, 0.6) is 5.75 Å². The zero-order valence-corrected chi connectivity index (χ0v) is 20.9. The van der Waals surface area contributed by atoms with Crippen LogP contribution in [-0.4, -0.2) is 62.8 Å². The molecule has 1 aromatic carbocycles. The number of amides is 2. The summed E-state index contributed by atoms with van der Waals surface area (Å²) in [4.78, 5) is 48.0. The lowest BCUT2D eigenvalue weighted by Crippen LogP contribution is -2.71. The van der Waals surface area contributed by atoms with Crippen molar-refractivity contribution < 1.29 is 34.0 Å². The summed E-state index contributed by atoms with van der Waals surface area (Å²) in [6, 6.07) is 7.62. The molecule has 2 amide bonds. The Labute approximate surface area is 218 Å². The summed E-state index contributed by atoms with van der Waals surface area (Å²) in [5.74, 6) is -2.41. The molecule has 2 aliphatic rings. The minimum absolute atomic E-state index is 0.0767. The largest absolute Gasteiger partial charge is 0.543 e. The van der Waals surface area contributed by atoms with Crippen LogP contribution in [0.1, 0.15) is 5.69 Å². The minimum Gasteiger partial charge on any atom is -0.543 e. The maximum atomic E-state index is 13.1. The smallest absolute Gasteiger partial charge is 0.276 e. The Morgan fingerprint density at radius 1 is 1.41 bits per heavy atom. The van der Waals surface area contributed by atoms with E-state index in [1.807, 2.05) is 12.1 Å². The van der Waals surface area contributed by atoms with Gasteiger partial charge in [-0.3, -0.25) is 14.5 Å². The molecule has 0 bridgehead atoms. The van der Waals surface area contributed by atoms with Gasteiger partial charge in [-0.2, -0.15) is 4.57 Å². The van der Waals surface area contributed by atoms with Gasteiger partial charge in [0.1, 0.15) is 30.0 Å². The molecular formula is C23H20N6O6S2. The third-order valence-electron chi connectivity index (χ3n) is 5.92. The number of nitrogens with two attached hydrogens (primary N) is 1. The number of aliphatic carboxylic acids is 1. The molecule has 0 aliphatic carbocycles. The van der Waals surface area contributed by atoms with E-state index in [4.69, 9.17) is 10.6 Å². The molecule has 1 fully saturated rings. The number of benzene rings is 1. The summed E-state index contributed by atoms with van der Waals surface area (Å²) in [7, 11) is 1.27. The van der Waals surface area contributed by atoms with Gasteiger partial charge in [-0.1, -0.05) is 5.16 Å². The number of fused-ring (bicyclic) bond motifs is 2. The van der Waals surface area contributed by atoms with Crippen molar-refractivity contribution in [3.05, 3.63) is 58.9 Å². The number of nitrogens with zero attached hydrogens (tertiary/aromatic N) is 4. The number of aromatic hydroxyl groups is 1. The number of thiazole rings is 1. The van der Waals surface area contributed by atoms with Gasteiger partial charge in [-0.05, 0) is 18.2 Å². The highest BCUT2D eigenvalue weighted by atomic mass is 32.2. The van der Waals surface area contributed by atoms with Crippen LogP contribution >= 0.6 is 23.1 Å². The number of hydrogen-bond donors (Lipinski definition) is 3. The summed E-state index contributed by atoms with van der Waals surface area (Å²) in [5, 5.41) is 30.4. The molecule has 12 nitrogen and oxygen atoms in total. The summed E-state index contributed by atoms with van der Waals surface area (Å²) in [6.45, 7) is 0.167. The van der Waals surface area contributed by atoms with E-state index < -0.39 is 29.2 Å². The molecule has 2 aliphatic heterocycles. The maximum absolute atomic E-state index is 13.1. The Balaban J connectivity index is 1.39. The van der Waals surface area contributed by atoms with Gasteiger partial charge in [0, 0.05) is 28.2 Å². The number of phenolic OH excluding ortho intramolecular Hbond substituents is 1. The fourth-order valence-electron chi connectivity index (χ4n) is 4.29. The van der Waals surface area contributed by atoms with Gasteiger partial charge in [0.15, 0.2) is 23.6 Å². The van der Waals surface area contributed by atoms with E-state index >= 15 is 0 Å². The topological polar surface area (TPSA) is 174 Å². The van der Waals surface area contributed by atoms with Crippen LogP contribution in [0, 0.1) is 0 Å². The number of aromatic nitrogens is 2. The van der Waals surface area contributed by atoms with Gasteiger partial charge in [0.25, 0.3) is 11.8 Å². The summed E-state index contributed by atoms with van der Waals surface area (Å²) < 4.78 is 1.80. The van der Waals surface area contributed by atoms with Crippen LogP contribution < -0.4 is 20.7 Å². The Morgan fingerprint density at radius 3 is 2.92 bits per heavy atom. The molecule has 14 heteroatoms. The molecule has 2 atom stereocenters. The monoisotopic (exact) mass is 540 g/mol. The second-order valence-electron chi connectivity index (χ2n) is 8.17. The number of pyridine rings is 1. The van der Waals surface area contributed by atoms with Gasteiger partial charge in [-0.25, -0.2) is 4.98 Å². The number of β-lactam (4-membered cyclic amide) rings is 1. The molecule has 1 saturated heterocycles. The predicted molar refractivity (Wildman–Crippen MR) is 133 cm³/mol. The Kier molecular flexibility index (Phi) is 6.43. The lowest BCUT2D eigenvalue weighted by atomic mass is 10.0. The molecule has 3 aromatic rings. The normalized spacial score (nSPS) is 19.4. The van der Waals surface area contributed by atoms with Crippen molar-refractivity contribution in [3.8, 4) is 5.75 Å². The van der Waals surface area contributed by atoms with E-state index in [0.29, 0.717) is 11.1 Å². The molecule has 0 spiro atoms. The van der Waals surface area contributed by atoms with Gasteiger partial charge < -0.3 is 30.9 Å². The molecule has 37 heavy (non-hydrogen) atoms. The number of nitrogens with one attached hydrogen (secondary N) is 1. The van der Waals surface area contributed by atoms with Crippen molar-refractivity contribution in [2.24, 2.45) is 5.16 Å². The molecule has 5 rings (SSSR count). The molecule has 4 N–H and O–H groups in total. The third kappa shape index (κ3) is 4.44. The van der Waals surface area contributed by atoms with Crippen molar-refractivity contribution in [2.45, 2.75) is 18.0 Å². The molecule has 0 unspecified atom stereocenters. The van der Waals surface area contributed by atoms with E-state index in [1.54, 1.807) is 29.0 Å². The number of carboxylic acids is 1. The van der Waals surface area contributed by atoms with E-state index in [0.717, 1.165) is 21.6 Å². The Morgan fingerprint density at radius 2 is 2.22 bits per heavy atom. The van der Waals surface area contributed by atoms with Gasteiger partial charge in [0.2, 0.25) is 5.52 Å². The number of carboxylic acid groups (broad SMARTS) is 1. The number of hydrogen-bond acceptors (Lipinski definition) is 11. The first-order valence-electron chi connectivity index (χ1n) is 10.9. The summed E-state index contributed by atoms with van der Waals surface area (Å²) in [6.07, 6.45) is 1.77. The molecule has 0 saturated carbocycles. The van der Waals surface area contributed by atoms with E-state index in [-0.39, 0.29) is 40.3 Å². The predicted octanol–water partition coefficient (Wildman–Crippen LogP) is -0.674. The van der Waals surface area contributed by atoms with Crippen LogP contribution in [0.25, 0.3) is 10.9 Å². The number of carbonyl (C=O) groups excluding carboxylic acids is 3. The highest BCUT2D eigenvalue weighted by Gasteiger charge is 2.53. The fraction of sp³-hybridized carbons (Fsp3) is 0.217. The molecule has 0 radical (unpaired) electrons. The zero-order chi connectivity index (χ0) is 26.3. The van der Waals surface area contributed by atoms with Crippen LogP contribution in [0.15, 0.2) is 58.3 Å². The van der Waals surface area contributed by atoms with Crippen LogP contribution in [0.3, 0.4) is 0 Å². The van der Waals surface area contributed by atoms with Gasteiger partial charge in [-0.15, -0.1) is 23.1 Å². The standard InChI is InChI=1S/C23H20N6O6S2/c1-35-27-16(14-10-37-23(24)25-14)19(31)26-17-20(32)29-18(22(33)34)12(9-36-21(17)29)8-28-6-2-3-11-4-5-13(30)7-15(11)28/h2-7,10,17,21H,8-9H2,1H3,(H4,24,25,26,31,33,34)/b27-16-/t17-,21-/m1/s1. The Bertz CT molecular complexity index is 1500. The van der Waals surface area contributed by atoms with Crippen molar-refractivity contribution in [1.29, 1.82) is 0 Å². The van der Waals surface area contributed by atoms with Crippen LogP contribution in [-0.2, 0) is 25.8 Å². The first-order valence-corrected chi connectivity index (χ1v) is 12.8. The number of nitrogen functional groups attached to an aromatic ring is 1. The molecule has 190 valence electrons. The van der Waals surface area contributed by atoms with Gasteiger partial charge >= 0.3 is 0 Å². The number of carbonyl (C=O) groups is 3. The van der Waals surface area contributed by atoms with Crippen molar-refractivity contribution >= 4 is 62.6 Å². The van der Waals surface area contributed by atoms with Crippen LogP contribution in [0.4, 0.5) is 5.13 Å². The second-order valence-corrected chi connectivity index (χ2v) is 10.2. The highest BCUT2D eigenvalue weighted by molar-refractivity contribution is 8.00. The first kappa shape index (κ1) is 24.5. The van der Waals surface area contributed by atoms with Gasteiger partial charge in [0.05, 0.1) is 17.7 Å². The third-order valence-corrected chi connectivity index (χ3v) is 7.93.